The van der Waals surface area contributed by atoms with E-state index in [-0.39, 0.29) is 41.9 Å². The van der Waals surface area contributed by atoms with Gasteiger partial charge in [-0.2, -0.15) is 0 Å². The molecule has 0 rings (SSSR count). The summed E-state index contributed by atoms with van der Waals surface area (Å²) in [5.41, 5.74) is 0. The van der Waals surface area contributed by atoms with Crippen molar-refractivity contribution in [2.45, 2.75) is 0 Å². The molecule has 0 radical (unpaired) electrons. The van der Waals surface area contributed by atoms with E-state index in [4.69, 9.17) is 15.3 Å². The molecule has 0 amide bonds. The van der Waals surface area contributed by atoms with E-state index in [1.54, 1.807) is 0 Å². The maximum Gasteiger partial charge on any atom is 1.00 e. The largest absolute Gasteiger partial charge is 1.00 e. The summed E-state index contributed by atoms with van der Waals surface area (Å²) in [6, 6.07) is 0. The van der Waals surface area contributed by atoms with Gasteiger partial charge in [0.15, 0.2) is 0 Å². The molecule has 0 saturated carbocycles. The van der Waals surface area contributed by atoms with E-state index < -0.39 is 37.5 Å². The van der Waals surface area contributed by atoms with Crippen LogP contribution in [-0.2, 0) is 14.4 Å². The van der Waals surface area contributed by atoms with Crippen molar-refractivity contribution < 1.29 is 71.6 Å². The predicted molar refractivity (Wildman–Crippen MR) is 47.7 cm³/mol. The summed E-state index contributed by atoms with van der Waals surface area (Å²) in [7, 11) is 0. The van der Waals surface area contributed by atoms with Gasteiger partial charge in [0.1, 0.15) is 0 Å². The molecule has 0 spiro atoms. The Morgan fingerprint density at radius 1 is 0.812 bits per heavy atom. The second-order valence-corrected chi connectivity index (χ2v) is 2.33. The Kier molecular flexibility index (Phi) is 18.9. The van der Waals surface area contributed by atoms with Gasteiger partial charge in [0.05, 0.1) is 19.6 Å². The molecule has 0 saturated heterocycles. The van der Waals surface area contributed by atoms with Gasteiger partial charge >= 0.3 is 47.5 Å². The van der Waals surface area contributed by atoms with Crippen LogP contribution in [0, 0.1) is 0 Å². The second kappa shape index (κ2) is 12.4. The van der Waals surface area contributed by atoms with Crippen molar-refractivity contribution in [2.75, 3.05) is 19.6 Å². The van der Waals surface area contributed by atoms with Crippen LogP contribution in [0.1, 0.15) is 1.43 Å². The molecule has 10 heteroatoms. The standard InChI is InChI=1S/C6H9NO6.Na.2H2O.H/c8-4(9)1-7(2-5(10)11)3-6(12)13;;;;/h1-3H2,(H,8,9)(H,10,11)(H,12,13);;2*1H2;/q;+1;;;-1. The Labute approximate surface area is 114 Å². The van der Waals surface area contributed by atoms with E-state index >= 15 is 0 Å². The number of carboxylic acids is 3. The Morgan fingerprint density at radius 2 is 1.00 bits per heavy atom. The van der Waals surface area contributed by atoms with Crippen LogP contribution in [0.3, 0.4) is 0 Å². The minimum atomic E-state index is -1.26. The van der Waals surface area contributed by atoms with Crippen molar-refractivity contribution in [1.29, 1.82) is 0 Å². The fraction of sp³-hybridized carbons (Fsp3) is 0.500. The summed E-state index contributed by atoms with van der Waals surface area (Å²) in [5, 5.41) is 24.8. The second-order valence-electron chi connectivity index (χ2n) is 2.33. The Hall–Kier alpha value is -0.710. The van der Waals surface area contributed by atoms with Crippen LogP contribution in [0.15, 0.2) is 0 Å². The van der Waals surface area contributed by atoms with Gasteiger partial charge in [-0.05, 0) is 0 Å². The van der Waals surface area contributed by atoms with Gasteiger partial charge in [-0.1, -0.05) is 0 Å². The maximum absolute atomic E-state index is 10.1. The summed E-state index contributed by atoms with van der Waals surface area (Å²) < 4.78 is 0. The van der Waals surface area contributed by atoms with Crippen molar-refractivity contribution in [3.63, 3.8) is 0 Å². The van der Waals surface area contributed by atoms with Gasteiger partial charge < -0.3 is 27.7 Å². The molecule has 0 fully saturated rings. The van der Waals surface area contributed by atoms with Crippen molar-refractivity contribution in [1.82, 2.24) is 4.90 Å². The monoisotopic (exact) mass is 251 g/mol. The molecule has 16 heavy (non-hydrogen) atoms. The number of nitrogens with zero attached hydrogens (tertiary/aromatic N) is 1. The normalized spacial score (nSPS) is 8.06. The van der Waals surface area contributed by atoms with Gasteiger partial charge in [0, 0.05) is 0 Å². The van der Waals surface area contributed by atoms with Crippen LogP contribution >= 0.6 is 0 Å². The third kappa shape index (κ3) is 15.7. The van der Waals surface area contributed by atoms with Gasteiger partial charge in [0.25, 0.3) is 0 Å². The first-order valence-corrected chi connectivity index (χ1v) is 3.29. The summed E-state index contributed by atoms with van der Waals surface area (Å²) in [6.45, 7) is -1.80. The third-order valence-electron chi connectivity index (χ3n) is 1.08. The minimum absolute atomic E-state index is 0. The van der Waals surface area contributed by atoms with Crippen molar-refractivity contribution in [3.8, 4) is 0 Å². The minimum Gasteiger partial charge on any atom is -1.00 e. The van der Waals surface area contributed by atoms with Crippen LogP contribution in [0.4, 0.5) is 0 Å². The van der Waals surface area contributed by atoms with Crippen LogP contribution in [-0.4, -0.2) is 68.7 Å². The molecule has 0 aromatic carbocycles. The Balaban J connectivity index is -0.000000120. The van der Waals surface area contributed by atoms with Gasteiger partial charge in [-0.15, -0.1) is 0 Å². The molecule has 92 valence electrons. The number of aliphatic carboxylic acids is 3. The number of rotatable bonds is 6. The van der Waals surface area contributed by atoms with E-state index in [1.165, 1.54) is 0 Å². The molecule has 0 aliphatic rings. The Morgan fingerprint density at radius 3 is 1.12 bits per heavy atom. The molecule has 9 nitrogen and oxygen atoms in total. The smallest absolute Gasteiger partial charge is 1.00 e. The number of carbonyl (C=O) groups is 3. The molecule has 7 N–H and O–H groups in total. The van der Waals surface area contributed by atoms with E-state index in [1.807, 2.05) is 0 Å². The molecule has 0 atom stereocenters. The zero-order valence-electron chi connectivity index (χ0n) is 9.63. The van der Waals surface area contributed by atoms with Crippen molar-refractivity contribution in [2.24, 2.45) is 0 Å². The fourth-order valence-corrected chi connectivity index (χ4v) is 0.742. The van der Waals surface area contributed by atoms with Crippen LogP contribution in [0.25, 0.3) is 0 Å². The number of carboxylic acid groups (broad SMARTS) is 3. The summed E-state index contributed by atoms with van der Waals surface area (Å²) in [6.07, 6.45) is 0. The maximum atomic E-state index is 10.1. The first-order chi connectivity index (χ1) is 5.91. The van der Waals surface area contributed by atoms with E-state index in [9.17, 15) is 14.4 Å². The first-order valence-electron chi connectivity index (χ1n) is 3.29. The van der Waals surface area contributed by atoms with E-state index in [0.29, 0.717) is 0 Å². The average molecular weight is 251 g/mol. The van der Waals surface area contributed by atoms with Gasteiger partial charge in [-0.3, -0.25) is 19.3 Å². The van der Waals surface area contributed by atoms with E-state index in [0.717, 1.165) is 4.90 Å². The average Bonchev–Trinajstić information content (AvgIpc) is 1.80. The summed E-state index contributed by atoms with van der Waals surface area (Å²) in [5.74, 6) is -3.78. The number of hydrogen-bond acceptors (Lipinski definition) is 4. The van der Waals surface area contributed by atoms with Crippen molar-refractivity contribution in [3.05, 3.63) is 0 Å². The molecule has 0 aliphatic carbocycles. The quantitative estimate of drug-likeness (QED) is 0.393. The molecule has 0 bridgehead atoms. The SMILES string of the molecule is O.O.O=C(O)CN(CC(=O)O)CC(=O)O.[H-].[Na+]. The molecular weight excluding hydrogens is 237 g/mol. The predicted octanol–water partition coefficient (Wildman–Crippen LogP) is -5.99. The van der Waals surface area contributed by atoms with Crippen LogP contribution < -0.4 is 29.6 Å². The zero-order valence-corrected chi connectivity index (χ0v) is 10.6. The van der Waals surface area contributed by atoms with Crippen molar-refractivity contribution >= 4 is 17.9 Å². The molecular formula is C6H14NNaO8. The topological polar surface area (TPSA) is 178 Å². The van der Waals surface area contributed by atoms with Gasteiger partial charge in [-0.25, -0.2) is 0 Å². The third-order valence-corrected chi connectivity index (χ3v) is 1.08. The molecule has 0 heterocycles. The summed E-state index contributed by atoms with van der Waals surface area (Å²) in [4.78, 5) is 31.2. The molecule has 0 aliphatic heterocycles. The van der Waals surface area contributed by atoms with E-state index in [2.05, 4.69) is 0 Å². The number of hydrogen-bond donors (Lipinski definition) is 3. The Bertz CT molecular complexity index is 200. The molecule has 0 unspecified atom stereocenters. The first kappa shape index (κ1) is 24.5. The van der Waals surface area contributed by atoms with Crippen LogP contribution in [0.2, 0.25) is 0 Å². The fourth-order valence-electron chi connectivity index (χ4n) is 0.742. The van der Waals surface area contributed by atoms with Crippen LogP contribution in [0.5, 0.6) is 0 Å². The summed E-state index contributed by atoms with van der Waals surface area (Å²) >= 11 is 0. The molecule has 0 aromatic rings. The van der Waals surface area contributed by atoms with Gasteiger partial charge in [0.2, 0.25) is 0 Å². The zero-order chi connectivity index (χ0) is 10.4. The molecule has 0 aromatic heterocycles.